The maximum atomic E-state index is 12.3. The summed E-state index contributed by atoms with van der Waals surface area (Å²) in [5, 5.41) is 9.41. The number of benzene rings is 2. The molecule has 3 unspecified atom stereocenters. The Morgan fingerprint density at radius 2 is 1.59 bits per heavy atom. The Kier molecular flexibility index (Phi) is 4.17. The summed E-state index contributed by atoms with van der Waals surface area (Å²) >= 11 is 3.67. The number of aliphatic imine (C=N–C) groups is 1. The third kappa shape index (κ3) is 2.60. The van der Waals surface area contributed by atoms with E-state index in [-0.39, 0.29) is 16.7 Å². The average molecular weight is 353 g/mol. The van der Waals surface area contributed by atoms with Crippen molar-refractivity contribution >= 4 is 27.5 Å². The van der Waals surface area contributed by atoms with Gasteiger partial charge >= 0.3 is 0 Å². The number of carbonyl (C=O) groups excluding carboxylic acids is 1. The molecular weight excluding hydrogens is 340 g/mol. The predicted octanol–water partition coefficient (Wildman–Crippen LogP) is 3.70. The SMILES string of the molecule is N#CC1C(=O)N=C(c2ccccc2)C(Br)C1c1ccccc1. The number of amides is 1. The Morgan fingerprint density at radius 1 is 1.00 bits per heavy atom. The summed E-state index contributed by atoms with van der Waals surface area (Å²) in [5.74, 6) is -1.38. The molecule has 1 amide bonds. The van der Waals surface area contributed by atoms with Gasteiger partial charge in [-0.25, -0.2) is 4.99 Å². The molecule has 1 aliphatic rings. The Balaban J connectivity index is 2.09. The Labute approximate surface area is 137 Å². The zero-order valence-electron chi connectivity index (χ0n) is 11.7. The molecule has 2 aromatic rings. The Bertz CT molecular complexity index is 750. The molecule has 4 heteroatoms. The lowest BCUT2D eigenvalue weighted by Crippen LogP contribution is -2.37. The summed E-state index contributed by atoms with van der Waals surface area (Å²) in [7, 11) is 0. The van der Waals surface area contributed by atoms with Crippen molar-refractivity contribution in [2.24, 2.45) is 10.9 Å². The zero-order chi connectivity index (χ0) is 15.5. The molecule has 0 fully saturated rings. The molecule has 108 valence electrons. The summed E-state index contributed by atoms with van der Waals surface area (Å²) in [6.07, 6.45) is 0. The smallest absolute Gasteiger partial charge is 0.263 e. The number of halogens is 1. The van der Waals surface area contributed by atoms with Crippen molar-refractivity contribution in [1.82, 2.24) is 0 Å². The van der Waals surface area contributed by atoms with E-state index in [1.807, 2.05) is 60.7 Å². The summed E-state index contributed by atoms with van der Waals surface area (Å²) in [5.41, 5.74) is 2.55. The number of nitriles is 1. The van der Waals surface area contributed by atoms with Gasteiger partial charge in [0.2, 0.25) is 0 Å². The minimum absolute atomic E-state index is 0.181. The number of rotatable bonds is 2. The van der Waals surface area contributed by atoms with E-state index in [0.717, 1.165) is 11.1 Å². The lowest BCUT2D eigenvalue weighted by atomic mass is 9.79. The number of hydrogen-bond donors (Lipinski definition) is 0. The normalized spacial score (nSPS) is 24.5. The molecule has 0 N–H and O–H groups in total. The summed E-state index contributed by atoms with van der Waals surface area (Å²) in [4.78, 5) is 16.3. The van der Waals surface area contributed by atoms with Crippen molar-refractivity contribution in [2.45, 2.75) is 10.7 Å². The van der Waals surface area contributed by atoms with E-state index in [9.17, 15) is 10.1 Å². The maximum absolute atomic E-state index is 12.3. The highest BCUT2D eigenvalue weighted by Crippen LogP contribution is 2.38. The molecular formula is C18H13BrN2O. The number of hydrogen-bond acceptors (Lipinski definition) is 2. The van der Waals surface area contributed by atoms with Crippen molar-refractivity contribution < 1.29 is 4.79 Å². The molecule has 2 aromatic carbocycles. The van der Waals surface area contributed by atoms with Gasteiger partial charge in [-0.1, -0.05) is 76.6 Å². The van der Waals surface area contributed by atoms with Crippen LogP contribution in [0.5, 0.6) is 0 Å². The monoisotopic (exact) mass is 352 g/mol. The molecule has 0 spiro atoms. The van der Waals surface area contributed by atoms with Gasteiger partial charge in [0.25, 0.3) is 5.91 Å². The zero-order valence-corrected chi connectivity index (χ0v) is 13.3. The van der Waals surface area contributed by atoms with Gasteiger partial charge < -0.3 is 0 Å². The van der Waals surface area contributed by atoms with Crippen LogP contribution in [0.2, 0.25) is 0 Å². The first-order chi connectivity index (χ1) is 10.7. The highest BCUT2D eigenvalue weighted by molar-refractivity contribution is 9.10. The van der Waals surface area contributed by atoms with Gasteiger partial charge in [-0.05, 0) is 11.1 Å². The fourth-order valence-corrected chi connectivity index (χ4v) is 3.72. The topological polar surface area (TPSA) is 53.2 Å². The van der Waals surface area contributed by atoms with Crippen LogP contribution in [-0.4, -0.2) is 16.4 Å². The maximum Gasteiger partial charge on any atom is 0.263 e. The van der Waals surface area contributed by atoms with E-state index in [0.29, 0.717) is 5.71 Å². The lowest BCUT2D eigenvalue weighted by molar-refractivity contribution is -0.120. The van der Waals surface area contributed by atoms with Crippen molar-refractivity contribution in [1.29, 1.82) is 5.26 Å². The molecule has 0 radical (unpaired) electrons. The van der Waals surface area contributed by atoms with Gasteiger partial charge in [0.05, 0.1) is 16.6 Å². The van der Waals surface area contributed by atoms with Crippen LogP contribution in [0.3, 0.4) is 0 Å². The van der Waals surface area contributed by atoms with Crippen LogP contribution in [-0.2, 0) is 4.79 Å². The second-order valence-corrected chi connectivity index (χ2v) is 6.13. The molecule has 0 saturated heterocycles. The number of nitrogens with zero attached hydrogens (tertiary/aromatic N) is 2. The van der Waals surface area contributed by atoms with Gasteiger partial charge in [-0.2, -0.15) is 5.26 Å². The second-order valence-electron chi connectivity index (χ2n) is 5.15. The minimum atomic E-state index is -0.765. The fraction of sp³-hybridized carbons (Fsp3) is 0.167. The lowest BCUT2D eigenvalue weighted by Gasteiger charge is -2.30. The standard InChI is InChI=1S/C18H13BrN2O/c19-16-15(12-7-3-1-4-8-12)14(11-20)18(22)21-17(16)13-9-5-2-6-10-13/h1-10,14-16H. The molecule has 3 atom stereocenters. The highest BCUT2D eigenvalue weighted by atomic mass is 79.9. The Morgan fingerprint density at radius 3 is 2.18 bits per heavy atom. The van der Waals surface area contributed by atoms with E-state index < -0.39 is 5.92 Å². The summed E-state index contributed by atoms with van der Waals surface area (Å²) < 4.78 is 0. The van der Waals surface area contributed by atoms with E-state index in [4.69, 9.17) is 0 Å². The van der Waals surface area contributed by atoms with E-state index in [1.54, 1.807) is 0 Å². The molecule has 0 bridgehead atoms. The molecule has 0 saturated carbocycles. The van der Waals surface area contributed by atoms with Crippen LogP contribution < -0.4 is 0 Å². The Hall–Kier alpha value is -2.25. The van der Waals surface area contributed by atoms with E-state index in [1.165, 1.54) is 0 Å². The van der Waals surface area contributed by atoms with Gasteiger partial charge in [0.1, 0.15) is 5.92 Å². The van der Waals surface area contributed by atoms with E-state index >= 15 is 0 Å². The van der Waals surface area contributed by atoms with Crippen LogP contribution in [0.1, 0.15) is 17.0 Å². The molecule has 22 heavy (non-hydrogen) atoms. The van der Waals surface area contributed by atoms with Crippen LogP contribution in [0.4, 0.5) is 0 Å². The molecule has 3 nitrogen and oxygen atoms in total. The average Bonchev–Trinajstić information content (AvgIpc) is 2.57. The van der Waals surface area contributed by atoms with Crippen molar-refractivity contribution in [2.75, 3.05) is 0 Å². The third-order valence-corrected chi connectivity index (χ3v) is 4.83. The van der Waals surface area contributed by atoms with Gasteiger partial charge in [0.15, 0.2) is 0 Å². The largest absolute Gasteiger partial charge is 0.271 e. The van der Waals surface area contributed by atoms with Gasteiger partial charge in [-0.3, -0.25) is 4.79 Å². The highest BCUT2D eigenvalue weighted by Gasteiger charge is 2.41. The minimum Gasteiger partial charge on any atom is -0.271 e. The molecule has 3 rings (SSSR count). The molecule has 1 heterocycles. The van der Waals surface area contributed by atoms with Crippen molar-refractivity contribution in [3.63, 3.8) is 0 Å². The molecule has 0 aliphatic carbocycles. The van der Waals surface area contributed by atoms with Crippen LogP contribution in [0, 0.1) is 17.2 Å². The first-order valence-corrected chi connectivity index (χ1v) is 7.90. The fourth-order valence-electron chi connectivity index (χ4n) is 2.75. The first kappa shape index (κ1) is 14.7. The second kappa shape index (κ2) is 6.25. The predicted molar refractivity (Wildman–Crippen MR) is 89.0 cm³/mol. The summed E-state index contributed by atoms with van der Waals surface area (Å²) in [6, 6.07) is 21.4. The van der Waals surface area contributed by atoms with Crippen molar-refractivity contribution in [3.05, 3.63) is 71.8 Å². The summed E-state index contributed by atoms with van der Waals surface area (Å²) in [6.45, 7) is 0. The first-order valence-electron chi connectivity index (χ1n) is 6.99. The van der Waals surface area contributed by atoms with Crippen molar-refractivity contribution in [3.8, 4) is 6.07 Å². The van der Waals surface area contributed by atoms with Gasteiger partial charge in [0, 0.05) is 5.92 Å². The van der Waals surface area contributed by atoms with Crippen LogP contribution in [0.15, 0.2) is 65.7 Å². The van der Waals surface area contributed by atoms with Gasteiger partial charge in [-0.15, -0.1) is 0 Å². The van der Waals surface area contributed by atoms with Crippen LogP contribution >= 0.6 is 15.9 Å². The third-order valence-electron chi connectivity index (χ3n) is 3.83. The van der Waals surface area contributed by atoms with Crippen LogP contribution in [0.25, 0.3) is 0 Å². The quantitative estimate of drug-likeness (QED) is 0.773. The number of carbonyl (C=O) groups is 1. The molecule has 1 aliphatic heterocycles. The number of alkyl halides is 1. The van der Waals surface area contributed by atoms with E-state index in [2.05, 4.69) is 27.0 Å². The molecule has 0 aromatic heterocycles.